The fourth-order valence-corrected chi connectivity index (χ4v) is 6.51. The Hall–Kier alpha value is -2.93. The summed E-state index contributed by atoms with van der Waals surface area (Å²) in [5.74, 6) is -1.13. The Morgan fingerprint density at radius 2 is 1.61 bits per heavy atom. The highest BCUT2D eigenvalue weighted by Crippen LogP contribution is 2.43. The number of rotatable bonds is 11. The number of halogens is 2. The van der Waals surface area contributed by atoms with E-state index in [1.807, 2.05) is 12.1 Å². The van der Waals surface area contributed by atoms with E-state index in [1.165, 1.54) is 40.7 Å². The maximum atomic E-state index is 13.5. The minimum atomic E-state index is -3.35. The minimum Gasteiger partial charge on any atom is -0.377 e. The van der Waals surface area contributed by atoms with E-state index in [9.17, 15) is 26.8 Å². The van der Waals surface area contributed by atoms with Gasteiger partial charge >= 0.3 is 0 Å². The van der Waals surface area contributed by atoms with E-state index in [0.717, 1.165) is 24.7 Å². The van der Waals surface area contributed by atoms with Crippen LogP contribution >= 0.6 is 0 Å². The van der Waals surface area contributed by atoms with Crippen LogP contribution in [0.5, 0.6) is 0 Å². The average molecular weight is 591 g/mol. The van der Waals surface area contributed by atoms with Crippen molar-refractivity contribution >= 4 is 21.8 Å². The Balaban J connectivity index is 1.20. The molecule has 5 rings (SSSR count). The second kappa shape index (κ2) is 12.1. The van der Waals surface area contributed by atoms with Gasteiger partial charge < -0.3 is 20.3 Å². The molecule has 3 fully saturated rings. The van der Waals surface area contributed by atoms with Crippen LogP contribution in [-0.4, -0.2) is 92.7 Å². The van der Waals surface area contributed by atoms with E-state index in [1.54, 1.807) is 4.90 Å². The molecule has 3 aliphatic rings. The Labute approximate surface area is 239 Å². The molecule has 41 heavy (non-hydrogen) atoms. The molecule has 2 aromatic carbocycles. The van der Waals surface area contributed by atoms with E-state index < -0.39 is 27.8 Å². The average Bonchev–Trinajstić information content (AvgIpc) is 3.69. The van der Waals surface area contributed by atoms with Crippen molar-refractivity contribution in [3.8, 4) is 0 Å². The zero-order valence-electron chi connectivity index (χ0n) is 23.0. The molecule has 1 saturated carbocycles. The fraction of sp³-hybridized carbons (Fsp3) is 0.517. The van der Waals surface area contributed by atoms with Crippen LogP contribution in [0.15, 0.2) is 48.5 Å². The smallest absolute Gasteiger partial charge is 0.251 e. The molecule has 12 heteroatoms. The van der Waals surface area contributed by atoms with Gasteiger partial charge in [-0.3, -0.25) is 9.59 Å². The van der Waals surface area contributed by atoms with Gasteiger partial charge in [-0.2, -0.15) is 4.31 Å². The quantitative estimate of drug-likeness (QED) is 0.416. The van der Waals surface area contributed by atoms with Crippen molar-refractivity contribution in [1.29, 1.82) is 0 Å². The normalized spacial score (nSPS) is 23.0. The maximum Gasteiger partial charge on any atom is 0.251 e. The Bertz CT molecular complexity index is 1340. The van der Waals surface area contributed by atoms with Gasteiger partial charge in [0, 0.05) is 43.7 Å². The summed E-state index contributed by atoms with van der Waals surface area (Å²) < 4.78 is 57.4. The second-order valence-corrected chi connectivity index (χ2v) is 13.3. The Morgan fingerprint density at radius 1 is 1.00 bits per heavy atom. The zero-order chi connectivity index (χ0) is 29.2. The van der Waals surface area contributed by atoms with Crippen LogP contribution in [0.2, 0.25) is 0 Å². The third-order valence-electron chi connectivity index (χ3n) is 8.21. The molecule has 2 N–H and O–H groups in total. The van der Waals surface area contributed by atoms with Crippen molar-refractivity contribution in [1.82, 2.24) is 19.8 Å². The van der Waals surface area contributed by atoms with Crippen molar-refractivity contribution in [3.63, 3.8) is 0 Å². The summed E-state index contributed by atoms with van der Waals surface area (Å²) in [7, 11) is -3.35. The lowest BCUT2D eigenvalue weighted by molar-refractivity contribution is -0.134. The van der Waals surface area contributed by atoms with Crippen molar-refractivity contribution in [2.24, 2.45) is 0 Å². The first kappa shape index (κ1) is 29.6. The molecule has 2 aromatic rings. The molecule has 0 bridgehead atoms. The number of ether oxygens (including phenoxy) is 1. The number of nitrogens with zero attached hydrogens (tertiary/aromatic N) is 2. The second-order valence-electron chi connectivity index (χ2n) is 11.3. The van der Waals surface area contributed by atoms with E-state index in [4.69, 9.17) is 4.74 Å². The number of piperazine rings is 1. The van der Waals surface area contributed by atoms with Crippen molar-refractivity contribution in [2.75, 3.05) is 45.6 Å². The molecule has 0 radical (unpaired) electrons. The Kier molecular flexibility index (Phi) is 8.74. The maximum absolute atomic E-state index is 13.5. The van der Waals surface area contributed by atoms with Gasteiger partial charge in [-0.15, -0.1) is 0 Å². The summed E-state index contributed by atoms with van der Waals surface area (Å²) in [6, 6.07) is 11.2. The van der Waals surface area contributed by atoms with Crippen LogP contribution in [0.4, 0.5) is 8.78 Å². The predicted octanol–water partition coefficient (Wildman–Crippen LogP) is 2.25. The lowest BCUT2D eigenvalue weighted by atomic mass is 9.89. The van der Waals surface area contributed by atoms with Gasteiger partial charge in [-0.1, -0.05) is 12.1 Å². The zero-order valence-corrected chi connectivity index (χ0v) is 23.8. The van der Waals surface area contributed by atoms with Crippen LogP contribution in [0.1, 0.15) is 47.5 Å². The number of carbonyl (C=O) groups excluding carboxylic acids is 2. The third-order valence-corrected chi connectivity index (χ3v) is 9.52. The molecule has 2 amide bonds. The molecule has 2 saturated heterocycles. The molecule has 3 atom stereocenters. The summed E-state index contributed by atoms with van der Waals surface area (Å²) in [5, 5.41) is 6.56. The lowest BCUT2D eigenvalue weighted by Crippen LogP contribution is -2.61. The molecule has 0 spiro atoms. The van der Waals surface area contributed by atoms with Crippen molar-refractivity contribution in [3.05, 3.63) is 71.3 Å². The summed E-state index contributed by atoms with van der Waals surface area (Å²) >= 11 is 0. The molecule has 9 nitrogen and oxygen atoms in total. The highest BCUT2D eigenvalue weighted by molar-refractivity contribution is 7.88. The van der Waals surface area contributed by atoms with E-state index in [0.29, 0.717) is 32.0 Å². The lowest BCUT2D eigenvalue weighted by Gasteiger charge is -2.43. The number of nitrogens with one attached hydrogen (secondary N) is 2. The van der Waals surface area contributed by atoms with Gasteiger partial charge in [0.2, 0.25) is 15.9 Å². The summed E-state index contributed by atoms with van der Waals surface area (Å²) in [6.45, 7) is 1.97. The van der Waals surface area contributed by atoms with Gasteiger partial charge in [0.05, 0.1) is 25.0 Å². The predicted molar refractivity (Wildman–Crippen MR) is 149 cm³/mol. The molecule has 0 aromatic heterocycles. The molecule has 222 valence electrons. The number of carbonyl (C=O) groups is 2. The van der Waals surface area contributed by atoms with E-state index in [-0.39, 0.29) is 55.0 Å². The largest absolute Gasteiger partial charge is 0.377 e. The summed E-state index contributed by atoms with van der Waals surface area (Å²) in [6.07, 6.45) is 3.86. The van der Waals surface area contributed by atoms with Crippen LogP contribution in [0.3, 0.4) is 0 Å². The Morgan fingerprint density at radius 3 is 2.17 bits per heavy atom. The number of amides is 2. The molecule has 1 aliphatic carbocycles. The van der Waals surface area contributed by atoms with Crippen LogP contribution in [0, 0.1) is 11.6 Å². The summed E-state index contributed by atoms with van der Waals surface area (Å²) in [4.78, 5) is 28.1. The van der Waals surface area contributed by atoms with Gasteiger partial charge in [0.15, 0.2) is 0 Å². The molecule has 2 aliphatic heterocycles. The SMILES string of the molecule is CS(=O)(=O)N1CCN(C(=O)[C@H](CCCC2(N[C@H]3C[C@@H]3c3ccc(F)cc3)COC2)NC(=O)c2ccc(F)cc2)CC1. The molecular weight excluding hydrogens is 554 g/mol. The highest BCUT2D eigenvalue weighted by Gasteiger charge is 2.47. The monoisotopic (exact) mass is 590 g/mol. The van der Waals surface area contributed by atoms with Crippen molar-refractivity contribution in [2.45, 2.75) is 49.2 Å². The highest BCUT2D eigenvalue weighted by atomic mass is 32.2. The van der Waals surface area contributed by atoms with E-state index in [2.05, 4.69) is 10.6 Å². The van der Waals surface area contributed by atoms with Gasteiger partial charge in [-0.05, 0) is 67.6 Å². The molecular formula is C29H36F2N4O5S. The van der Waals surface area contributed by atoms with Gasteiger partial charge in [0.25, 0.3) is 5.91 Å². The summed E-state index contributed by atoms with van der Waals surface area (Å²) in [5.41, 5.74) is 1.12. The number of benzene rings is 2. The van der Waals surface area contributed by atoms with Gasteiger partial charge in [0.1, 0.15) is 17.7 Å². The van der Waals surface area contributed by atoms with Crippen molar-refractivity contribution < 1.29 is 31.5 Å². The van der Waals surface area contributed by atoms with E-state index >= 15 is 0 Å². The molecule has 2 heterocycles. The number of sulfonamides is 1. The fourth-order valence-electron chi connectivity index (χ4n) is 5.68. The topological polar surface area (TPSA) is 108 Å². The van der Waals surface area contributed by atoms with Crippen LogP contribution in [-0.2, 0) is 19.6 Å². The first-order valence-electron chi connectivity index (χ1n) is 13.9. The molecule has 0 unspecified atom stereocenters. The minimum absolute atomic E-state index is 0.199. The number of hydrogen-bond donors (Lipinski definition) is 2. The first-order valence-corrected chi connectivity index (χ1v) is 15.8. The first-order chi connectivity index (χ1) is 19.5. The van der Waals surface area contributed by atoms with Crippen LogP contribution < -0.4 is 10.6 Å². The third kappa shape index (κ3) is 7.29. The standard InChI is InChI=1S/C29H36F2N4O5S/c1-41(38,39)35-15-13-34(14-16-35)28(37)25(32-27(36)21-6-10-23(31)11-7-21)3-2-12-29(18-40-19-29)33-26-17-24(26)20-4-8-22(30)9-5-20/h4-11,24-26,33H,2-3,12-19H2,1H3,(H,32,36)/t24-,25+,26+/m1/s1. The number of hydrogen-bond acceptors (Lipinski definition) is 6. The van der Waals surface area contributed by atoms with Crippen LogP contribution in [0.25, 0.3) is 0 Å². The van der Waals surface area contributed by atoms with Gasteiger partial charge in [-0.25, -0.2) is 17.2 Å².